The zero-order chi connectivity index (χ0) is 29.1. The molecule has 1 aliphatic rings. The van der Waals surface area contributed by atoms with Gasteiger partial charge in [-0.05, 0) is 55.2 Å². The highest BCUT2D eigenvalue weighted by atomic mass is 32.2. The van der Waals surface area contributed by atoms with Crippen LogP contribution in [0.5, 0.6) is 11.6 Å². The van der Waals surface area contributed by atoms with Crippen LogP contribution < -0.4 is 14.4 Å². The molecule has 0 amide bonds. The second kappa shape index (κ2) is 11.9. The van der Waals surface area contributed by atoms with E-state index in [0.717, 1.165) is 55.1 Å². The summed E-state index contributed by atoms with van der Waals surface area (Å²) in [5, 5.41) is 3.97. The number of piperazine rings is 1. The summed E-state index contributed by atoms with van der Waals surface area (Å²) in [6, 6.07) is 15.6. The van der Waals surface area contributed by atoms with Gasteiger partial charge in [-0.2, -0.15) is 10.1 Å². The van der Waals surface area contributed by atoms with Crippen LogP contribution in [0.3, 0.4) is 0 Å². The van der Waals surface area contributed by atoms with Crippen LogP contribution in [0.4, 0.5) is 11.6 Å². The van der Waals surface area contributed by atoms with Crippen LogP contribution >= 0.6 is 0 Å². The van der Waals surface area contributed by atoms with Gasteiger partial charge in [0.05, 0.1) is 11.9 Å². The number of nitrogens with zero attached hydrogens (tertiary/aromatic N) is 6. The third-order valence-electron chi connectivity index (χ3n) is 7.08. The van der Waals surface area contributed by atoms with Crippen LogP contribution in [0.25, 0.3) is 11.3 Å². The molecular weight excluding hydrogens is 538 g/mol. The highest BCUT2D eigenvalue weighted by Gasteiger charge is 2.21. The molecule has 0 bridgehead atoms. The predicted octanol–water partition coefficient (Wildman–Crippen LogP) is 4.87. The van der Waals surface area contributed by atoms with E-state index in [4.69, 9.17) is 4.74 Å². The number of rotatable bonds is 9. The molecule has 10 nitrogen and oxygen atoms in total. The minimum atomic E-state index is -3.95. The smallest absolute Gasteiger partial charge is 0.267 e. The molecule has 1 aliphatic heterocycles. The quantitative estimate of drug-likeness (QED) is 0.302. The van der Waals surface area contributed by atoms with Crippen molar-refractivity contribution in [3.05, 3.63) is 72.1 Å². The van der Waals surface area contributed by atoms with Gasteiger partial charge in [-0.25, -0.2) is 18.1 Å². The number of ether oxygens (including phenoxy) is 1. The Kier molecular flexibility index (Phi) is 8.27. The van der Waals surface area contributed by atoms with E-state index in [0.29, 0.717) is 17.4 Å². The second-order valence-electron chi connectivity index (χ2n) is 10.9. The minimum Gasteiger partial charge on any atom is -0.439 e. The van der Waals surface area contributed by atoms with Crippen molar-refractivity contribution in [3.63, 3.8) is 0 Å². The average molecular weight is 576 g/mol. The lowest BCUT2D eigenvalue weighted by atomic mass is 10.00. The standard InChI is InChI=1S/C30H37N7O3S/c1-21(2)19-36-13-15-37(16-14-36)24-9-11-25(12-10-24)40-28-17-27(29-22(3)7-6-8-23(29)4)32-30(33-28)34-41(38,39)26-18-31-35(5)20-26/h6-12,17-18,20-21H,13-16,19H2,1-5H3,(H,32,33,34). The molecule has 11 heteroatoms. The SMILES string of the molecule is Cc1cccc(C)c1-c1cc(Oc2ccc(N3CCN(CC(C)C)CC3)cc2)nc(NS(=O)(=O)c2cnn(C)c2)n1. The maximum absolute atomic E-state index is 13.0. The second-order valence-corrected chi connectivity index (χ2v) is 12.6. The van der Waals surface area contributed by atoms with Crippen molar-refractivity contribution in [3.8, 4) is 22.9 Å². The first-order valence-electron chi connectivity index (χ1n) is 13.8. The first-order valence-corrected chi connectivity index (χ1v) is 15.3. The molecule has 0 saturated carbocycles. The zero-order valence-electron chi connectivity index (χ0n) is 24.2. The molecule has 4 aromatic rings. The van der Waals surface area contributed by atoms with Gasteiger partial charge in [0, 0.05) is 63.3 Å². The molecule has 2 aromatic heterocycles. The van der Waals surface area contributed by atoms with Gasteiger partial charge in [0.25, 0.3) is 10.0 Å². The Balaban J connectivity index is 1.40. The van der Waals surface area contributed by atoms with E-state index in [2.05, 4.69) is 43.4 Å². The van der Waals surface area contributed by atoms with Gasteiger partial charge < -0.3 is 9.64 Å². The van der Waals surface area contributed by atoms with E-state index in [1.807, 2.05) is 56.3 Å². The molecule has 41 heavy (non-hydrogen) atoms. The summed E-state index contributed by atoms with van der Waals surface area (Å²) in [4.78, 5) is 13.9. The number of nitrogens with one attached hydrogen (secondary N) is 1. The fourth-order valence-corrected chi connectivity index (χ4v) is 6.06. The van der Waals surface area contributed by atoms with Crippen molar-refractivity contribution in [2.24, 2.45) is 13.0 Å². The van der Waals surface area contributed by atoms with E-state index in [1.54, 1.807) is 13.1 Å². The summed E-state index contributed by atoms with van der Waals surface area (Å²) in [7, 11) is -2.30. The van der Waals surface area contributed by atoms with E-state index >= 15 is 0 Å². The molecule has 0 unspecified atom stereocenters. The van der Waals surface area contributed by atoms with E-state index < -0.39 is 10.0 Å². The number of aromatic nitrogens is 4. The Morgan fingerprint density at radius 3 is 2.27 bits per heavy atom. The van der Waals surface area contributed by atoms with Gasteiger partial charge in [-0.3, -0.25) is 9.58 Å². The molecule has 0 aliphatic carbocycles. The number of aryl methyl sites for hydroxylation is 3. The largest absolute Gasteiger partial charge is 0.439 e. The molecule has 1 fully saturated rings. The lowest BCUT2D eigenvalue weighted by Gasteiger charge is -2.36. The summed E-state index contributed by atoms with van der Waals surface area (Å²) < 4.78 is 36.1. The van der Waals surface area contributed by atoms with Crippen molar-refractivity contribution in [1.82, 2.24) is 24.6 Å². The lowest BCUT2D eigenvalue weighted by Crippen LogP contribution is -2.47. The summed E-state index contributed by atoms with van der Waals surface area (Å²) in [5.41, 5.74) is 4.62. The van der Waals surface area contributed by atoms with E-state index in [1.165, 1.54) is 17.1 Å². The van der Waals surface area contributed by atoms with E-state index in [9.17, 15) is 8.42 Å². The van der Waals surface area contributed by atoms with Gasteiger partial charge in [0.15, 0.2) is 0 Å². The van der Waals surface area contributed by atoms with Crippen molar-refractivity contribution in [1.29, 1.82) is 0 Å². The highest BCUT2D eigenvalue weighted by molar-refractivity contribution is 7.92. The summed E-state index contributed by atoms with van der Waals surface area (Å²) in [6.07, 6.45) is 2.70. The van der Waals surface area contributed by atoms with Crippen LogP contribution in [0, 0.1) is 19.8 Å². The lowest BCUT2D eigenvalue weighted by molar-refractivity contribution is 0.231. The fourth-order valence-electron chi connectivity index (χ4n) is 5.14. The molecule has 1 saturated heterocycles. The summed E-state index contributed by atoms with van der Waals surface area (Å²) in [6.45, 7) is 13.7. The third kappa shape index (κ3) is 6.86. The molecule has 5 rings (SSSR count). The topological polar surface area (TPSA) is 105 Å². The Bertz CT molecular complexity index is 1590. The van der Waals surface area contributed by atoms with Crippen molar-refractivity contribution in [2.45, 2.75) is 32.6 Å². The highest BCUT2D eigenvalue weighted by Crippen LogP contribution is 2.31. The molecule has 0 spiro atoms. The Labute approximate surface area is 242 Å². The fraction of sp³-hybridized carbons (Fsp3) is 0.367. The van der Waals surface area contributed by atoms with Crippen LogP contribution in [0.1, 0.15) is 25.0 Å². The number of hydrogen-bond acceptors (Lipinski definition) is 8. The Morgan fingerprint density at radius 1 is 0.976 bits per heavy atom. The Hall–Kier alpha value is -3.96. The number of benzene rings is 2. The van der Waals surface area contributed by atoms with Crippen LogP contribution in [0.15, 0.2) is 65.8 Å². The number of sulfonamides is 1. The third-order valence-corrected chi connectivity index (χ3v) is 8.36. The predicted molar refractivity (Wildman–Crippen MR) is 161 cm³/mol. The van der Waals surface area contributed by atoms with Gasteiger partial charge in [-0.15, -0.1) is 0 Å². The van der Waals surface area contributed by atoms with Crippen LogP contribution in [-0.4, -0.2) is 65.8 Å². The minimum absolute atomic E-state index is 0.0178. The van der Waals surface area contributed by atoms with Gasteiger partial charge in [0.1, 0.15) is 10.6 Å². The number of hydrogen-bond donors (Lipinski definition) is 1. The first kappa shape index (κ1) is 28.6. The van der Waals surface area contributed by atoms with Gasteiger partial charge in [0.2, 0.25) is 11.8 Å². The molecule has 216 valence electrons. The van der Waals surface area contributed by atoms with Gasteiger partial charge >= 0.3 is 0 Å². The van der Waals surface area contributed by atoms with E-state index in [-0.39, 0.29) is 16.7 Å². The molecule has 1 N–H and O–H groups in total. The van der Waals surface area contributed by atoms with Gasteiger partial charge in [-0.1, -0.05) is 32.0 Å². The first-order chi connectivity index (χ1) is 19.6. The molecular formula is C30H37N7O3S. The summed E-state index contributed by atoms with van der Waals surface area (Å²) >= 11 is 0. The monoisotopic (exact) mass is 575 g/mol. The number of anilines is 2. The van der Waals surface area contributed by atoms with Crippen LogP contribution in [0.2, 0.25) is 0 Å². The maximum Gasteiger partial charge on any atom is 0.267 e. The van der Waals surface area contributed by atoms with Crippen molar-refractivity contribution in [2.75, 3.05) is 42.3 Å². The van der Waals surface area contributed by atoms with Crippen molar-refractivity contribution < 1.29 is 13.2 Å². The van der Waals surface area contributed by atoms with Crippen molar-refractivity contribution >= 4 is 21.7 Å². The maximum atomic E-state index is 13.0. The zero-order valence-corrected chi connectivity index (χ0v) is 25.0. The average Bonchev–Trinajstić information content (AvgIpc) is 3.36. The normalized spacial score (nSPS) is 14.4. The summed E-state index contributed by atoms with van der Waals surface area (Å²) in [5.74, 6) is 1.41. The molecule has 2 aromatic carbocycles. The molecule has 0 radical (unpaired) electrons. The molecule has 0 atom stereocenters. The molecule has 3 heterocycles. The Morgan fingerprint density at radius 2 is 1.66 bits per heavy atom. The van der Waals surface area contributed by atoms with Crippen LogP contribution in [-0.2, 0) is 17.1 Å².